The molecule has 0 amide bonds. The average molecular weight is 730 g/mol. The Morgan fingerprint density at radius 2 is 1.37 bits per heavy atom. The van der Waals surface area contributed by atoms with Crippen molar-refractivity contribution < 1.29 is 53.3 Å². The summed E-state index contributed by atoms with van der Waals surface area (Å²) in [6.07, 6.45) is -7.21. The maximum absolute atomic E-state index is 14.2. The second-order valence-electron chi connectivity index (χ2n) is 17.7. The monoisotopic (exact) mass is 730 g/mol. The number of methoxy groups -OCH3 is 1. The number of ketones is 1. The zero-order chi connectivity index (χ0) is 39.1. The van der Waals surface area contributed by atoms with Crippen molar-refractivity contribution in [3.63, 3.8) is 0 Å². The number of cyclic esters (lactones) is 1. The maximum atomic E-state index is 14.2. The number of carbonyl (C=O) groups excluding carboxylic acids is 2. The van der Waals surface area contributed by atoms with Crippen molar-refractivity contribution in [1.29, 1.82) is 0 Å². The van der Waals surface area contributed by atoms with E-state index < -0.39 is 101 Å². The molecule has 3 heterocycles. The van der Waals surface area contributed by atoms with Crippen molar-refractivity contribution >= 4 is 11.8 Å². The van der Waals surface area contributed by atoms with Crippen LogP contribution in [0.3, 0.4) is 0 Å². The van der Waals surface area contributed by atoms with Gasteiger partial charge in [0, 0.05) is 42.7 Å². The molecule has 51 heavy (non-hydrogen) atoms. The van der Waals surface area contributed by atoms with Crippen LogP contribution in [0.5, 0.6) is 0 Å². The van der Waals surface area contributed by atoms with E-state index in [0.29, 0.717) is 6.42 Å². The van der Waals surface area contributed by atoms with E-state index in [9.17, 15) is 24.9 Å². The number of aliphatic hydroxyl groups is 3. The SMILES string of the molecule is CO[C@]1(C)CC(OC2[C@H](C)C(OC3O[C@H](C)CC(N(C)C)C3O)C(C)(C)C(C)[C@@H](C)C(=O)[C@H](C)C(O)C(C)(C)C(C)OC(=O)[C@@H]2C)O[C@@H](C)C1O. The van der Waals surface area contributed by atoms with E-state index in [-0.39, 0.29) is 30.3 Å². The standard InChI is InChI=1S/C39H71NO11/c1-19-17-27(40(14)15)30(42)36(47-19)51-34-22(4)31(50-28-18-39(13,46-16)33(44)25(7)48-28)23(5)35(45)49-26(8)38(11,12)32(43)21(3)29(41)20(2)24(6)37(34,9)10/h19-28,30-34,36,42-44H,17-18H2,1-16H3/t19-,20-,21+,22+,23-,24?,25+,26?,27?,28?,30?,31?,32?,33?,34?,36?,39-/m1/s1. The Morgan fingerprint density at radius 1 is 0.784 bits per heavy atom. The minimum atomic E-state index is -1.09. The molecule has 17 atom stereocenters. The Labute approximate surface area is 307 Å². The van der Waals surface area contributed by atoms with Crippen LogP contribution >= 0.6 is 0 Å². The predicted molar refractivity (Wildman–Crippen MR) is 193 cm³/mol. The van der Waals surface area contributed by atoms with Crippen LogP contribution < -0.4 is 0 Å². The molecule has 0 spiro atoms. The van der Waals surface area contributed by atoms with Crippen molar-refractivity contribution in [3.05, 3.63) is 0 Å². The number of likely N-dealkylation sites (N-methyl/N-ethyl adjacent to an activating group) is 1. The Balaban J connectivity index is 2.21. The molecule has 12 heteroatoms. The lowest BCUT2D eigenvalue weighted by molar-refractivity contribution is -0.314. The summed E-state index contributed by atoms with van der Waals surface area (Å²) in [4.78, 5) is 30.3. The topological polar surface area (TPSA) is 153 Å². The molecule has 0 aromatic heterocycles. The first-order chi connectivity index (χ1) is 23.3. The maximum Gasteiger partial charge on any atom is 0.311 e. The lowest BCUT2D eigenvalue weighted by Crippen LogP contribution is -2.60. The van der Waals surface area contributed by atoms with E-state index in [0.717, 1.165) is 0 Å². The second kappa shape index (κ2) is 16.7. The van der Waals surface area contributed by atoms with Crippen molar-refractivity contribution in [2.75, 3.05) is 21.2 Å². The van der Waals surface area contributed by atoms with Gasteiger partial charge in [-0.2, -0.15) is 0 Å². The third kappa shape index (κ3) is 9.02. The molecule has 0 aromatic carbocycles. The van der Waals surface area contributed by atoms with E-state index in [1.54, 1.807) is 48.5 Å². The molecule has 12 nitrogen and oxygen atoms in total. The van der Waals surface area contributed by atoms with Gasteiger partial charge in [-0.25, -0.2) is 0 Å². The minimum Gasteiger partial charge on any atom is -0.462 e. The van der Waals surface area contributed by atoms with Crippen LogP contribution in [0.4, 0.5) is 0 Å². The van der Waals surface area contributed by atoms with Crippen LogP contribution in [0, 0.1) is 40.4 Å². The van der Waals surface area contributed by atoms with E-state index in [1.807, 2.05) is 60.5 Å². The average Bonchev–Trinajstić information content (AvgIpc) is 3.06. The molecule has 3 N–H and O–H groups in total. The lowest BCUT2D eigenvalue weighted by atomic mass is 9.63. The summed E-state index contributed by atoms with van der Waals surface area (Å²) in [5.41, 5.74) is -2.70. The largest absolute Gasteiger partial charge is 0.462 e. The van der Waals surface area contributed by atoms with Crippen molar-refractivity contribution in [1.82, 2.24) is 4.90 Å². The summed E-state index contributed by atoms with van der Waals surface area (Å²) in [5, 5.41) is 34.1. The van der Waals surface area contributed by atoms with Gasteiger partial charge in [0.2, 0.25) is 0 Å². The van der Waals surface area contributed by atoms with E-state index in [2.05, 4.69) is 0 Å². The van der Waals surface area contributed by atoms with Crippen LogP contribution in [0.25, 0.3) is 0 Å². The molecular formula is C39H71NO11. The highest BCUT2D eigenvalue weighted by Crippen LogP contribution is 2.46. The molecule has 3 saturated heterocycles. The van der Waals surface area contributed by atoms with Crippen molar-refractivity contribution in [3.8, 4) is 0 Å². The number of rotatable bonds is 6. The van der Waals surface area contributed by atoms with Crippen molar-refractivity contribution in [2.45, 2.75) is 176 Å². The molecule has 3 rings (SSSR count). The molecule has 3 aliphatic heterocycles. The highest BCUT2D eigenvalue weighted by molar-refractivity contribution is 5.83. The Hall–Kier alpha value is -1.22. The molecule has 3 aliphatic rings. The zero-order valence-electron chi connectivity index (χ0n) is 34.2. The second-order valence-corrected chi connectivity index (χ2v) is 17.7. The fourth-order valence-electron chi connectivity index (χ4n) is 8.59. The normalized spacial score (nSPS) is 47.5. The van der Waals surface area contributed by atoms with Gasteiger partial charge < -0.3 is 48.6 Å². The number of aliphatic hydroxyl groups excluding tert-OH is 3. The van der Waals surface area contributed by atoms with Crippen LogP contribution in [0.15, 0.2) is 0 Å². The Bertz CT molecular complexity index is 1180. The van der Waals surface area contributed by atoms with Gasteiger partial charge >= 0.3 is 5.97 Å². The molecule has 3 fully saturated rings. The Morgan fingerprint density at radius 3 is 1.92 bits per heavy atom. The van der Waals surface area contributed by atoms with E-state index in [1.165, 1.54) is 7.11 Å². The summed E-state index contributed by atoms with van der Waals surface area (Å²) in [5.74, 6) is -3.56. The van der Waals surface area contributed by atoms with Crippen LogP contribution in [-0.4, -0.2) is 126 Å². The first kappa shape index (κ1) is 44.2. The van der Waals surface area contributed by atoms with Crippen LogP contribution in [0.1, 0.15) is 103 Å². The smallest absolute Gasteiger partial charge is 0.311 e. The quantitative estimate of drug-likeness (QED) is 0.336. The molecule has 0 saturated carbocycles. The number of nitrogens with zero attached hydrogens (tertiary/aromatic N) is 1. The minimum absolute atomic E-state index is 0.100. The molecule has 0 aromatic rings. The number of esters is 1. The van der Waals surface area contributed by atoms with Gasteiger partial charge in [-0.05, 0) is 66.5 Å². The third-order valence-corrected chi connectivity index (χ3v) is 13.3. The van der Waals surface area contributed by atoms with E-state index >= 15 is 0 Å². The first-order valence-electron chi connectivity index (χ1n) is 18.9. The van der Waals surface area contributed by atoms with Gasteiger partial charge in [-0.15, -0.1) is 0 Å². The number of ether oxygens (including phenoxy) is 6. The summed E-state index contributed by atoms with van der Waals surface area (Å²) in [6.45, 7) is 24.2. The number of hydrogen-bond donors (Lipinski definition) is 3. The lowest BCUT2D eigenvalue weighted by Gasteiger charge is -2.51. The fourth-order valence-corrected chi connectivity index (χ4v) is 8.59. The van der Waals surface area contributed by atoms with Crippen LogP contribution in [-0.2, 0) is 38.0 Å². The highest BCUT2D eigenvalue weighted by Gasteiger charge is 2.53. The van der Waals surface area contributed by atoms with Gasteiger partial charge in [0.05, 0.1) is 42.0 Å². The predicted octanol–water partition coefficient (Wildman–Crippen LogP) is 4.19. The molecule has 298 valence electrons. The van der Waals surface area contributed by atoms with Gasteiger partial charge in [0.15, 0.2) is 12.6 Å². The van der Waals surface area contributed by atoms with Gasteiger partial charge in [0.1, 0.15) is 24.1 Å². The molecule has 0 bridgehead atoms. The zero-order valence-corrected chi connectivity index (χ0v) is 34.2. The van der Waals surface area contributed by atoms with Crippen molar-refractivity contribution in [2.24, 2.45) is 40.4 Å². The van der Waals surface area contributed by atoms with Crippen LogP contribution in [0.2, 0.25) is 0 Å². The number of carbonyl (C=O) groups is 2. The summed E-state index contributed by atoms with van der Waals surface area (Å²) >= 11 is 0. The summed E-state index contributed by atoms with van der Waals surface area (Å²) in [6, 6.07) is -0.225. The van der Waals surface area contributed by atoms with E-state index in [4.69, 9.17) is 28.4 Å². The third-order valence-electron chi connectivity index (χ3n) is 13.3. The Kier molecular flexibility index (Phi) is 14.4. The number of Topliss-reactive ketones (excluding diaryl/α,β-unsaturated/α-hetero) is 1. The number of hydrogen-bond acceptors (Lipinski definition) is 12. The van der Waals surface area contributed by atoms with Gasteiger partial charge in [0.25, 0.3) is 0 Å². The molecule has 0 aliphatic carbocycles. The molecule has 0 radical (unpaired) electrons. The van der Waals surface area contributed by atoms with Gasteiger partial charge in [-0.1, -0.05) is 55.4 Å². The molecular weight excluding hydrogens is 658 g/mol. The first-order valence-corrected chi connectivity index (χ1v) is 18.9. The summed E-state index contributed by atoms with van der Waals surface area (Å²) in [7, 11) is 5.36. The fraction of sp³-hybridized carbons (Fsp3) is 0.949. The molecule has 10 unspecified atom stereocenters. The summed E-state index contributed by atoms with van der Waals surface area (Å²) < 4.78 is 38.1. The highest BCUT2D eigenvalue weighted by atomic mass is 16.7. The van der Waals surface area contributed by atoms with Gasteiger partial charge in [-0.3, -0.25) is 9.59 Å².